The zero-order valence-corrected chi connectivity index (χ0v) is 15.2. The van der Waals surface area contributed by atoms with Crippen LogP contribution in [0, 0.1) is 0 Å². The summed E-state index contributed by atoms with van der Waals surface area (Å²) in [5, 5.41) is 0. The Morgan fingerprint density at radius 3 is 2.52 bits per heavy atom. The van der Waals surface area contributed by atoms with Gasteiger partial charge in [0, 0.05) is 51.3 Å². The van der Waals surface area contributed by atoms with Gasteiger partial charge in [0.15, 0.2) is 11.4 Å². The van der Waals surface area contributed by atoms with Gasteiger partial charge in [-0.3, -0.25) is 14.7 Å². The van der Waals surface area contributed by atoms with E-state index in [0.717, 1.165) is 39.3 Å². The predicted octanol–water partition coefficient (Wildman–Crippen LogP) is 2.51. The maximum Gasteiger partial charge on any atom is 0.417 e. The van der Waals surface area contributed by atoms with Crippen molar-refractivity contribution in [2.24, 2.45) is 0 Å². The third-order valence-corrected chi connectivity index (χ3v) is 5.11. The highest BCUT2D eigenvalue weighted by Crippen LogP contribution is 2.15. The van der Waals surface area contributed by atoms with Gasteiger partial charge in [-0.2, -0.15) is 0 Å². The van der Waals surface area contributed by atoms with E-state index in [4.69, 9.17) is 4.42 Å². The minimum Gasteiger partial charge on any atom is -0.408 e. The zero-order valence-electron chi connectivity index (χ0n) is 15.2. The fraction of sp³-hybridized carbons (Fsp3) is 0.333. The van der Waals surface area contributed by atoms with E-state index >= 15 is 0 Å². The fourth-order valence-electron chi connectivity index (χ4n) is 3.54. The standard InChI is InChI=1S/C21H23N3O3/c25-19(17-6-7-18-20(14-17)27-21(26)22-18)8-9-23-10-12-24(13-11-23)15-16-4-2-1-3-5-16/h1-7,14H,8-13,15H2,(H,22,26). The highest BCUT2D eigenvalue weighted by Gasteiger charge is 2.18. The molecule has 0 aliphatic carbocycles. The van der Waals surface area contributed by atoms with Crippen molar-refractivity contribution in [2.75, 3.05) is 32.7 Å². The molecule has 2 aromatic carbocycles. The van der Waals surface area contributed by atoms with Crippen LogP contribution < -0.4 is 5.76 Å². The SMILES string of the molecule is O=C(CCN1CCN(Cc2ccccc2)CC1)c1ccc2[nH]c(=O)oc2c1. The molecular weight excluding hydrogens is 342 g/mol. The summed E-state index contributed by atoms with van der Waals surface area (Å²) >= 11 is 0. The Labute approximate surface area is 157 Å². The number of aromatic amines is 1. The summed E-state index contributed by atoms with van der Waals surface area (Å²) in [5.74, 6) is -0.421. The predicted molar refractivity (Wildman–Crippen MR) is 104 cm³/mol. The Morgan fingerprint density at radius 1 is 1.00 bits per heavy atom. The molecule has 0 atom stereocenters. The topological polar surface area (TPSA) is 69.6 Å². The Hall–Kier alpha value is -2.70. The second-order valence-electron chi connectivity index (χ2n) is 7.00. The Kier molecular flexibility index (Phi) is 5.18. The number of nitrogens with zero attached hydrogens (tertiary/aromatic N) is 2. The molecular formula is C21H23N3O3. The van der Waals surface area contributed by atoms with Crippen molar-refractivity contribution < 1.29 is 9.21 Å². The van der Waals surface area contributed by atoms with Crippen LogP contribution in [-0.4, -0.2) is 53.3 Å². The molecule has 6 heteroatoms. The number of ketones is 1. The zero-order chi connectivity index (χ0) is 18.6. The number of hydrogen-bond acceptors (Lipinski definition) is 5. The second-order valence-corrected chi connectivity index (χ2v) is 7.00. The second kappa shape index (κ2) is 7.90. The number of benzene rings is 2. The fourth-order valence-corrected chi connectivity index (χ4v) is 3.54. The maximum atomic E-state index is 12.5. The number of H-pyrrole nitrogens is 1. The highest BCUT2D eigenvalue weighted by molar-refractivity contribution is 5.98. The van der Waals surface area contributed by atoms with E-state index in [0.29, 0.717) is 23.1 Å². The van der Waals surface area contributed by atoms with E-state index in [1.54, 1.807) is 18.2 Å². The number of carbonyl (C=O) groups excluding carboxylic acids is 1. The summed E-state index contributed by atoms with van der Waals surface area (Å²) in [6.45, 7) is 5.73. The van der Waals surface area contributed by atoms with Crippen molar-refractivity contribution in [1.82, 2.24) is 14.8 Å². The summed E-state index contributed by atoms with van der Waals surface area (Å²) in [7, 11) is 0. The van der Waals surface area contributed by atoms with Gasteiger partial charge in [0.05, 0.1) is 5.52 Å². The summed E-state index contributed by atoms with van der Waals surface area (Å²) < 4.78 is 5.03. The van der Waals surface area contributed by atoms with Gasteiger partial charge >= 0.3 is 5.76 Å². The summed E-state index contributed by atoms with van der Waals surface area (Å²) in [4.78, 5) is 31.1. The molecule has 1 aliphatic heterocycles. The molecule has 3 aromatic rings. The van der Waals surface area contributed by atoms with Crippen molar-refractivity contribution in [3.05, 3.63) is 70.2 Å². The molecule has 1 saturated heterocycles. The molecule has 1 aliphatic rings. The molecule has 0 saturated carbocycles. The first-order valence-electron chi connectivity index (χ1n) is 9.32. The van der Waals surface area contributed by atoms with Gasteiger partial charge < -0.3 is 9.32 Å². The minimum atomic E-state index is -0.497. The Morgan fingerprint density at radius 2 is 1.74 bits per heavy atom. The monoisotopic (exact) mass is 365 g/mol. The molecule has 27 heavy (non-hydrogen) atoms. The van der Waals surface area contributed by atoms with Gasteiger partial charge in [-0.1, -0.05) is 30.3 Å². The molecule has 1 N–H and O–H groups in total. The van der Waals surface area contributed by atoms with Gasteiger partial charge in [-0.25, -0.2) is 4.79 Å². The first kappa shape index (κ1) is 17.7. The summed E-state index contributed by atoms with van der Waals surface area (Å²) in [5.41, 5.74) is 2.98. The molecule has 2 heterocycles. The van der Waals surface area contributed by atoms with Crippen molar-refractivity contribution in [3.8, 4) is 0 Å². The largest absolute Gasteiger partial charge is 0.417 e. The van der Waals surface area contributed by atoms with Gasteiger partial charge in [0.2, 0.25) is 0 Å². The molecule has 0 bridgehead atoms. The van der Waals surface area contributed by atoms with Crippen LogP contribution in [0.2, 0.25) is 0 Å². The smallest absolute Gasteiger partial charge is 0.408 e. The number of rotatable bonds is 6. The lowest BCUT2D eigenvalue weighted by atomic mass is 10.1. The molecule has 0 spiro atoms. The number of hydrogen-bond donors (Lipinski definition) is 1. The first-order valence-corrected chi connectivity index (χ1v) is 9.32. The maximum absolute atomic E-state index is 12.5. The van der Waals surface area contributed by atoms with Crippen LogP contribution in [0.25, 0.3) is 11.1 Å². The number of Topliss-reactive ketones (excluding diaryl/α,β-unsaturated/α-hetero) is 1. The van der Waals surface area contributed by atoms with Crippen LogP contribution in [0.4, 0.5) is 0 Å². The van der Waals surface area contributed by atoms with Crippen LogP contribution in [0.3, 0.4) is 0 Å². The molecule has 4 rings (SSSR count). The lowest BCUT2D eigenvalue weighted by Crippen LogP contribution is -2.46. The van der Waals surface area contributed by atoms with E-state index in [-0.39, 0.29) is 5.78 Å². The highest BCUT2D eigenvalue weighted by atomic mass is 16.4. The van der Waals surface area contributed by atoms with Crippen molar-refractivity contribution in [1.29, 1.82) is 0 Å². The first-order chi connectivity index (χ1) is 13.2. The Bertz CT molecular complexity index is 969. The quantitative estimate of drug-likeness (QED) is 0.680. The van der Waals surface area contributed by atoms with E-state index in [1.807, 2.05) is 6.07 Å². The number of fused-ring (bicyclic) bond motifs is 1. The van der Waals surface area contributed by atoms with Crippen LogP contribution >= 0.6 is 0 Å². The molecule has 0 amide bonds. The van der Waals surface area contributed by atoms with Crippen LogP contribution in [0.5, 0.6) is 0 Å². The normalized spacial score (nSPS) is 16.0. The third kappa shape index (κ3) is 4.35. The van der Waals surface area contributed by atoms with Gasteiger partial charge in [0.25, 0.3) is 0 Å². The van der Waals surface area contributed by atoms with E-state index in [1.165, 1.54) is 5.56 Å². The van der Waals surface area contributed by atoms with Gasteiger partial charge in [-0.15, -0.1) is 0 Å². The Balaban J connectivity index is 1.26. The molecule has 6 nitrogen and oxygen atoms in total. The molecule has 0 unspecified atom stereocenters. The van der Waals surface area contributed by atoms with Crippen LogP contribution in [-0.2, 0) is 6.54 Å². The van der Waals surface area contributed by atoms with Crippen molar-refractivity contribution in [2.45, 2.75) is 13.0 Å². The van der Waals surface area contributed by atoms with Crippen molar-refractivity contribution in [3.63, 3.8) is 0 Å². The molecule has 1 fully saturated rings. The van der Waals surface area contributed by atoms with E-state index in [2.05, 4.69) is 39.0 Å². The number of oxazole rings is 1. The number of piperazine rings is 1. The average molecular weight is 365 g/mol. The number of carbonyl (C=O) groups is 1. The van der Waals surface area contributed by atoms with Gasteiger partial charge in [-0.05, 0) is 23.8 Å². The van der Waals surface area contributed by atoms with Gasteiger partial charge in [0.1, 0.15) is 0 Å². The van der Waals surface area contributed by atoms with Crippen LogP contribution in [0.1, 0.15) is 22.3 Å². The van der Waals surface area contributed by atoms with Crippen molar-refractivity contribution >= 4 is 16.9 Å². The summed E-state index contributed by atoms with van der Waals surface area (Å²) in [6.07, 6.45) is 0.471. The molecule has 1 aromatic heterocycles. The van der Waals surface area contributed by atoms with Crippen LogP contribution in [0.15, 0.2) is 57.7 Å². The molecule has 0 radical (unpaired) electrons. The minimum absolute atomic E-state index is 0.0764. The molecule has 140 valence electrons. The summed E-state index contributed by atoms with van der Waals surface area (Å²) in [6, 6.07) is 15.6. The van der Waals surface area contributed by atoms with E-state index < -0.39 is 5.76 Å². The van der Waals surface area contributed by atoms with E-state index in [9.17, 15) is 9.59 Å². The lowest BCUT2D eigenvalue weighted by molar-refractivity contribution is 0.0922. The average Bonchev–Trinajstić information content (AvgIpc) is 3.07. The number of nitrogens with one attached hydrogen (secondary N) is 1. The third-order valence-electron chi connectivity index (χ3n) is 5.11. The lowest BCUT2D eigenvalue weighted by Gasteiger charge is -2.34. The number of aromatic nitrogens is 1.